The van der Waals surface area contributed by atoms with Gasteiger partial charge in [0.2, 0.25) is 0 Å². The minimum Gasteiger partial charge on any atom is -0.365 e. The summed E-state index contributed by atoms with van der Waals surface area (Å²) in [5.41, 5.74) is 5.46. The van der Waals surface area contributed by atoms with Crippen molar-refractivity contribution in [2.45, 2.75) is 40.5 Å². The average molecular weight is 289 g/mol. The van der Waals surface area contributed by atoms with Crippen LogP contribution in [0.4, 0.5) is 5.69 Å². The molecule has 2 heteroatoms. The van der Waals surface area contributed by atoms with Gasteiger partial charge in [0.25, 0.3) is 0 Å². The summed E-state index contributed by atoms with van der Waals surface area (Å²) in [6.45, 7) is 8.77. The molecule has 0 aliphatic carbocycles. The number of hydrogen-bond acceptors (Lipinski definition) is 2. The molecule has 0 unspecified atom stereocenters. The van der Waals surface area contributed by atoms with Gasteiger partial charge in [-0.3, -0.25) is 0 Å². The first-order valence-electron chi connectivity index (χ1n) is 7.34. The third-order valence-corrected chi connectivity index (χ3v) is 4.37. The van der Waals surface area contributed by atoms with Crippen molar-refractivity contribution in [3.8, 4) is 0 Å². The highest BCUT2D eigenvalue weighted by molar-refractivity contribution is 8.02. The first-order chi connectivity index (χ1) is 9.58. The highest BCUT2D eigenvalue weighted by Gasteiger charge is 2.01. The van der Waals surface area contributed by atoms with Crippen molar-refractivity contribution in [2.24, 2.45) is 0 Å². The van der Waals surface area contributed by atoms with Gasteiger partial charge in [-0.2, -0.15) is 0 Å². The Kier molecular flexibility index (Phi) is 7.53. The molecular formula is C18H27NS. The summed E-state index contributed by atoms with van der Waals surface area (Å²) in [4.78, 5) is 2.29. The van der Waals surface area contributed by atoms with E-state index in [2.05, 4.69) is 75.4 Å². The highest BCUT2D eigenvalue weighted by Crippen LogP contribution is 2.21. The third-order valence-electron chi connectivity index (χ3n) is 3.31. The lowest BCUT2D eigenvalue weighted by Gasteiger charge is -2.18. The molecule has 0 saturated carbocycles. The quantitative estimate of drug-likeness (QED) is 0.463. The van der Waals surface area contributed by atoms with Crippen molar-refractivity contribution in [3.63, 3.8) is 0 Å². The van der Waals surface area contributed by atoms with Crippen molar-refractivity contribution in [1.82, 2.24) is 0 Å². The summed E-state index contributed by atoms with van der Waals surface area (Å²) < 4.78 is 0. The highest BCUT2D eigenvalue weighted by atomic mass is 32.2. The zero-order chi connectivity index (χ0) is 15.0. The second-order valence-corrected chi connectivity index (χ2v) is 5.95. The zero-order valence-corrected chi connectivity index (χ0v) is 14.3. The monoisotopic (exact) mass is 289 g/mol. The second-order valence-electron chi connectivity index (χ2n) is 5.12. The molecule has 0 aliphatic rings. The molecule has 1 aromatic carbocycles. The number of allylic oxidation sites excluding steroid dienone is 3. The number of rotatable bonds is 7. The number of anilines is 1. The molecule has 0 bridgehead atoms. The van der Waals surface area contributed by atoms with Gasteiger partial charge < -0.3 is 4.90 Å². The van der Waals surface area contributed by atoms with Crippen LogP contribution in [0, 0.1) is 6.92 Å². The van der Waals surface area contributed by atoms with Crippen LogP contribution in [0.15, 0.2) is 46.9 Å². The van der Waals surface area contributed by atoms with Crippen LogP contribution >= 0.6 is 11.8 Å². The van der Waals surface area contributed by atoms with Crippen LogP contribution in [0.2, 0.25) is 0 Å². The van der Waals surface area contributed by atoms with E-state index in [4.69, 9.17) is 0 Å². The fraction of sp³-hybridized carbons (Fsp3) is 0.444. The Morgan fingerprint density at radius 2 is 2.05 bits per heavy atom. The lowest BCUT2D eigenvalue weighted by Crippen LogP contribution is -2.15. The topological polar surface area (TPSA) is 3.24 Å². The van der Waals surface area contributed by atoms with Crippen molar-refractivity contribution in [2.75, 3.05) is 17.8 Å². The van der Waals surface area contributed by atoms with Crippen LogP contribution in [0.25, 0.3) is 0 Å². The van der Waals surface area contributed by atoms with E-state index in [9.17, 15) is 0 Å². The molecular weight excluding hydrogens is 262 g/mol. The van der Waals surface area contributed by atoms with Gasteiger partial charge in [-0.15, -0.1) is 11.8 Å². The van der Waals surface area contributed by atoms with Crippen molar-refractivity contribution in [3.05, 3.63) is 52.5 Å². The van der Waals surface area contributed by atoms with E-state index in [1.807, 2.05) is 11.8 Å². The summed E-state index contributed by atoms with van der Waals surface area (Å²) in [5.74, 6) is 0.976. The van der Waals surface area contributed by atoms with Gasteiger partial charge in [-0.05, 0) is 60.9 Å². The molecule has 0 spiro atoms. The van der Waals surface area contributed by atoms with Gasteiger partial charge in [0.1, 0.15) is 0 Å². The van der Waals surface area contributed by atoms with Gasteiger partial charge in [0.15, 0.2) is 0 Å². The van der Waals surface area contributed by atoms with Gasteiger partial charge in [-0.1, -0.05) is 32.1 Å². The standard InChI is InChI=1S/C18H27NS/c1-6-9-17(7-2)16(4)13-20-14-19(5)18-11-8-10-15(3)12-18/h8-13H,6-7,14H2,1-5H3/b16-13+,17-9+. The summed E-state index contributed by atoms with van der Waals surface area (Å²) in [7, 11) is 2.15. The molecule has 0 radical (unpaired) electrons. The maximum atomic E-state index is 2.33. The molecule has 0 aliphatic heterocycles. The van der Waals surface area contributed by atoms with Gasteiger partial charge in [-0.25, -0.2) is 0 Å². The predicted octanol–water partition coefficient (Wildman–Crippen LogP) is 5.77. The third kappa shape index (κ3) is 5.46. The maximum absolute atomic E-state index is 2.33. The molecule has 0 atom stereocenters. The summed E-state index contributed by atoms with van der Waals surface area (Å²) >= 11 is 1.86. The van der Waals surface area contributed by atoms with E-state index < -0.39 is 0 Å². The Labute approximate surface area is 128 Å². The van der Waals surface area contributed by atoms with Gasteiger partial charge in [0, 0.05) is 12.7 Å². The molecule has 0 fully saturated rings. The summed E-state index contributed by atoms with van der Waals surface area (Å²) in [6.07, 6.45) is 4.56. The van der Waals surface area contributed by atoms with Gasteiger partial charge in [0.05, 0.1) is 5.88 Å². The predicted molar refractivity (Wildman–Crippen MR) is 94.5 cm³/mol. The number of hydrogen-bond donors (Lipinski definition) is 0. The Morgan fingerprint density at radius 3 is 2.65 bits per heavy atom. The Bertz CT molecular complexity index is 474. The van der Waals surface area contributed by atoms with E-state index >= 15 is 0 Å². The molecule has 0 aromatic heterocycles. The summed E-state index contributed by atoms with van der Waals surface area (Å²) in [6, 6.07) is 8.65. The van der Waals surface area contributed by atoms with Crippen LogP contribution in [-0.2, 0) is 0 Å². The molecule has 20 heavy (non-hydrogen) atoms. The Balaban J connectivity index is 2.57. The molecule has 1 nitrogen and oxygen atoms in total. The molecule has 110 valence electrons. The first-order valence-corrected chi connectivity index (χ1v) is 8.38. The average Bonchev–Trinajstić information content (AvgIpc) is 2.44. The van der Waals surface area contributed by atoms with E-state index in [0.717, 1.165) is 18.7 Å². The van der Waals surface area contributed by atoms with Crippen molar-refractivity contribution >= 4 is 17.4 Å². The fourth-order valence-electron chi connectivity index (χ4n) is 2.12. The molecule has 0 heterocycles. The molecule has 0 amide bonds. The SMILES string of the molecule is CC/C=C(CC)/C(C)=C/SCN(C)c1cccc(C)c1. The van der Waals surface area contributed by atoms with Gasteiger partial charge >= 0.3 is 0 Å². The van der Waals surface area contributed by atoms with Crippen LogP contribution in [-0.4, -0.2) is 12.9 Å². The van der Waals surface area contributed by atoms with E-state index in [1.54, 1.807) is 0 Å². The largest absolute Gasteiger partial charge is 0.365 e. The lowest BCUT2D eigenvalue weighted by atomic mass is 10.1. The van der Waals surface area contributed by atoms with Crippen LogP contribution < -0.4 is 4.90 Å². The minimum absolute atomic E-state index is 0.976. The normalized spacial score (nSPS) is 12.7. The number of nitrogens with zero attached hydrogens (tertiary/aromatic N) is 1. The number of thioether (sulfide) groups is 1. The second kappa shape index (κ2) is 8.91. The molecule has 1 rings (SSSR count). The number of benzene rings is 1. The van der Waals surface area contributed by atoms with Crippen molar-refractivity contribution in [1.29, 1.82) is 0 Å². The zero-order valence-electron chi connectivity index (χ0n) is 13.4. The van der Waals surface area contributed by atoms with E-state index in [0.29, 0.717) is 0 Å². The van der Waals surface area contributed by atoms with Crippen LogP contribution in [0.1, 0.15) is 39.2 Å². The minimum atomic E-state index is 0.976. The molecule has 0 saturated heterocycles. The van der Waals surface area contributed by atoms with Crippen molar-refractivity contribution < 1.29 is 0 Å². The van der Waals surface area contributed by atoms with E-state index in [-0.39, 0.29) is 0 Å². The van der Waals surface area contributed by atoms with E-state index in [1.165, 1.54) is 22.4 Å². The molecule has 0 N–H and O–H groups in total. The smallest absolute Gasteiger partial charge is 0.0676 e. The Hall–Kier alpha value is -1.15. The molecule has 1 aromatic rings. The van der Waals surface area contributed by atoms with Crippen LogP contribution in [0.5, 0.6) is 0 Å². The van der Waals surface area contributed by atoms with Crippen LogP contribution in [0.3, 0.4) is 0 Å². The fourth-order valence-corrected chi connectivity index (χ4v) is 2.97. The maximum Gasteiger partial charge on any atom is 0.0676 e. The first kappa shape index (κ1) is 16.9. The summed E-state index contributed by atoms with van der Waals surface area (Å²) in [5, 5.41) is 2.29. The Morgan fingerprint density at radius 1 is 1.30 bits per heavy atom. The number of aryl methyl sites for hydroxylation is 1. The lowest BCUT2D eigenvalue weighted by molar-refractivity contribution is 1.06.